The first-order valence-electron chi connectivity index (χ1n) is 13.8. The highest BCUT2D eigenvalue weighted by Crippen LogP contribution is 2.40. The van der Waals surface area contributed by atoms with E-state index in [0.29, 0.717) is 17.9 Å². The van der Waals surface area contributed by atoms with Crippen molar-refractivity contribution in [2.45, 2.75) is 76.4 Å². The van der Waals surface area contributed by atoms with Crippen LogP contribution >= 0.6 is 0 Å². The molecule has 1 aliphatic carbocycles. The lowest BCUT2D eigenvalue weighted by Gasteiger charge is -2.43. The van der Waals surface area contributed by atoms with E-state index < -0.39 is 18.0 Å². The summed E-state index contributed by atoms with van der Waals surface area (Å²) < 4.78 is 44.3. The van der Waals surface area contributed by atoms with Gasteiger partial charge in [-0.2, -0.15) is 4.98 Å². The normalized spacial score (nSPS) is 20.4. The van der Waals surface area contributed by atoms with Crippen molar-refractivity contribution >= 4 is 35.0 Å². The molecule has 10 nitrogen and oxygen atoms in total. The number of hydrogen-bond donors (Lipinski definition) is 3. The van der Waals surface area contributed by atoms with Crippen molar-refractivity contribution in [3.05, 3.63) is 30.0 Å². The molecule has 2 aromatic rings. The van der Waals surface area contributed by atoms with Crippen LogP contribution in [-0.2, 0) is 4.79 Å². The van der Waals surface area contributed by atoms with Crippen molar-refractivity contribution in [1.29, 1.82) is 0 Å². The van der Waals surface area contributed by atoms with E-state index in [1.165, 1.54) is 23.2 Å². The minimum absolute atomic E-state index is 0.0366. The van der Waals surface area contributed by atoms with Gasteiger partial charge in [0.1, 0.15) is 11.7 Å². The summed E-state index contributed by atoms with van der Waals surface area (Å²) in [6.07, 6.45) is 2.58. The van der Waals surface area contributed by atoms with Crippen LogP contribution in [0.5, 0.6) is 5.75 Å². The van der Waals surface area contributed by atoms with Crippen molar-refractivity contribution in [3.8, 4) is 5.75 Å². The zero-order valence-electron chi connectivity index (χ0n) is 22.6. The lowest BCUT2D eigenvalue weighted by Crippen LogP contribution is -2.55. The molecule has 1 aromatic heterocycles. The number of nitrogens with zero attached hydrogens (tertiary/aromatic N) is 4. The van der Waals surface area contributed by atoms with Crippen LogP contribution in [-0.4, -0.2) is 66.4 Å². The topological polar surface area (TPSA) is 112 Å². The van der Waals surface area contributed by atoms with Crippen LogP contribution in [0, 0.1) is 0 Å². The average Bonchev–Trinajstić information content (AvgIpc) is 3.46. The number of nitrogens with one attached hydrogen (secondary N) is 3. The summed E-state index contributed by atoms with van der Waals surface area (Å²) in [6.45, 7) is 3.48. The Morgan fingerprint density at radius 1 is 1.18 bits per heavy atom. The van der Waals surface area contributed by atoms with E-state index in [0.717, 1.165) is 57.7 Å². The number of anilines is 4. The standard InChI is InChI=1S/C27H34F3N7O3/c1-3-20-25(39)36(2)21-15-32-26(35-23(21)37(20)18-6-4-5-7-18)34-19-9-8-16(14-22(19)40-27(28,29)30)24(38)33-17-10-12-31-13-11-17/h8-9,14-15,17-18,20,31H,3-7,10-13H2,1-2H3,(H,33,38)(H,32,34,35)/t20-/m1/s1. The number of halogens is 3. The number of fused-ring (bicyclic) bond motifs is 1. The van der Waals surface area contributed by atoms with Crippen LogP contribution in [0.25, 0.3) is 0 Å². The molecular formula is C27H34F3N7O3. The molecular weight excluding hydrogens is 527 g/mol. The van der Waals surface area contributed by atoms with Crippen molar-refractivity contribution in [3.63, 3.8) is 0 Å². The Hall–Kier alpha value is -3.61. The number of rotatable bonds is 7. The number of alkyl halides is 3. The highest BCUT2D eigenvalue weighted by atomic mass is 19.4. The molecule has 0 unspecified atom stereocenters. The molecule has 2 amide bonds. The zero-order valence-corrected chi connectivity index (χ0v) is 22.6. The van der Waals surface area contributed by atoms with Crippen molar-refractivity contribution in [2.24, 2.45) is 0 Å². The Balaban J connectivity index is 1.45. The molecule has 13 heteroatoms. The molecule has 1 saturated carbocycles. The largest absolute Gasteiger partial charge is 0.573 e. The molecule has 0 spiro atoms. The number of carbonyl (C=O) groups excluding carboxylic acids is 2. The van der Waals surface area contributed by atoms with E-state index >= 15 is 0 Å². The Labute approximate surface area is 230 Å². The van der Waals surface area contributed by atoms with E-state index in [2.05, 4.69) is 35.6 Å². The summed E-state index contributed by atoms with van der Waals surface area (Å²) in [5, 5.41) is 8.93. The van der Waals surface area contributed by atoms with Gasteiger partial charge in [-0.1, -0.05) is 19.8 Å². The van der Waals surface area contributed by atoms with Crippen LogP contribution in [0.4, 0.5) is 36.3 Å². The third-order valence-corrected chi connectivity index (χ3v) is 7.80. The van der Waals surface area contributed by atoms with E-state index in [4.69, 9.17) is 0 Å². The maximum absolute atomic E-state index is 13.3. The molecule has 216 valence electrons. The Bertz CT molecular complexity index is 1250. The minimum atomic E-state index is -4.98. The first-order valence-corrected chi connectivity index (χ1v) is 13.8. The molecule has 0 radical (unpaired) electrons. The van der Waals surface area contributed by atoms with Crippen LogP contribution in [0.2, 0.25) is 0 Å². The number of hydrogen-bond acceptors (Lipinski definition) is 8. The number of ether oxygens (including phenoxy) is 1. The van der Waals surface area contributed by atoms with Gasteiger partial charge in [-0.25, -0.2) is 4.98 Å². The third kappa shape index (κ3) is 5.93. The molecule has 3 aliphatic rings. The summed E-state index contributed by atoms with van der Waals surface area (Å²) in [6, 6.07) is 3.55. The second-order valence-corrected chi connectivity index (χ2v) is 10.5. The molecule has 3 N–H and O–H groups in total. The smallest absolute Gasteiger partial charge is 0.404 e. The second kappa shape index (κ2) is 11.5. The fourth-order valence-electron chi connectivity index (χ4n) is 5.77. The monoisotopic (exact) mass is 561 g/mol. The van der Waals surface area contributed by atoms with Crippen LogP contribution < -0.4 is 30.5 Å². The van der Waals surface area contributed by atoms with Gasteiger partial charge >= 0.3 is 6.36 Å². The van der Waals surface area contributed by atoms with Crippen LogP contribution in [0.3, 0.4) is 0 Å². The summed E-state index contributed by atoms with van der Waals surface area (Å²) in [5.41, 5.74) is 0.548. The molecule has 3 heterocycles. The minimum Gasteiger partial charge on any atom is -0.404 e. The van der Waals surface area contributed by atoms with Gasteiger partial charge in [-0.3, -0.25) is 9.59 Å². The Kier molecular flexibility index (Phi) is 8.02. The van der Waals surface area contributed by atoms with Gasteiger partial charge in [-0.15, -0.1) is 13.2 Å². The van der Waals surface area contributed by atoms with Crippen molar-refractivity contribution in [1.82, 2.24) is 20.6 Å². The Morgan fingerprint density at radius 2 is 1.90 bits per heavy atom. The molecule has 1 saturated heterocycles. The molecule has 1 atom stereocenters. The maximum atomic E-state index is 13.3. The zero-order chi connectivity index (χ0) is 28.4. The number of amides is 2. The SMILES string of the molecule is CC[C@@H]1C(=O)N(C)c2cnc(Nc3ccc(C(=O)NC4CCNCC4)cc3OC(F)(F)F)nc2N1C1CCCC1. The molecule has 40 heavy (non-hydrogen) atoms. The number of likely N-dealkylation sites (N-methyl/N-ethyl adjacent to an activating group) is 1. The molecule has 5 rings (SSSR count). The first kappa shape index (κ1) is 27.9. The second-order valence-electron chi connectivity index (χ2n) is 10.5. The fraction of sp³-hybridized carbons (Fsp3) is 0.556. The molecule has 2 fully saturated rings. The first-order chi connectivity index (χ1) is 19.1. The lowest BCUT2D eigenvalue weighted by atomic mass is 10.0. The highest BCUT2D eigenvalue weighted by Gasteiger charge is 2.41. The van der Waals surface area contributed by atoms with Gasteiger partial charge in [0.2, 0.25) is 11.9 Å². The van der Waals surface area contributed by atoms with E-state index in [-0.39, 0.29) is 41.2 Å². The van der Waals surface area contributed by atoms with E-state index in [1.807, 2.05) is 6.92 Å². The molecule has 1 aromatic carbocycles. The quantitative estimate of drug-likeness (QED) is 0.463. The van der Waals surface area contributed by atoms with Gasteiger partial charge < -0.3 is 30.5 Å². The van der Waals surface area contributed by atoms with Gasteiger partial charge in [0.05, 0.1) is 11.9 Å². The van der Waals surface area contributed by atoms with E-state index in [1.54, 1.807) is 7.05 Å². The lowest BCUT2D eigenvalue weighted by molar-refractivity contribution is -0.274. The predicted molar refractivity (Wildman–Crippen MR) is 144 cm³/mol. The number of carbonyl (C=O) groups is 2. The van der Waals surface area contributed by atoms with Crippen LogP contribution in [0.15, 0.2) is 24.4 Å². The Morgan fingerprint density at radius 3 is 2.58 bits per heavy atom. The van der Waals surface area contributed by atoms with Gasteiger partial charge in [0.15, 0.2) is 11.6 Å². The summed E-state index contributed by atoms with van der Waals surface area (Å²) in [4.78, 5) is 38.5. The summed E-state index contributed by atoms with van der Waals surface area (Å²) in [5.74, 6) is -0.461. The summed E-state index contributed by atoms with van der Waals surface area (Å²) in [7, 11) is 1.68. The van der Waals surface area contributed by atoms with E-state index in [9.17, 15) is 22.8 Å². The third-order valence-electron chi connectivity index (χ3n) is 7.80. The maximum Gasteiger partial charge on any atom is 0.573 e. The van der Waals surface area contributed by atoms with Gasteiger partial charge in [-0.05, 0) is 63.4 Å². The fourth-order valence-corrected chi connectivity index (χ4v) is 5.77. The summed E-state index contributed by atoms with van der Waals surface area (Å²) >= 11 is 0. The van der Waals surface area contributed by atoms with Gasteiger partial charge in [0.25, 0.3) is 5.91 Å². The number of aromatic nitrogens is 2. The van der Waals surface area contributed by atoms with Crippen molar-refractivity contribution < 1.29 is 27.5 Å². The van der Waals surface area contributed by atoms with Gasteiger partial charge in [0, 0.05) is 24.7 Å². The molecule has 2 aliphatic heterocycles. The predicted octanol–water partition coefficient (Wildman–Crippen LogP) is 4.10. The average molecular weight is 562 g/mol. The highest BCUT2D eigenvalue weighted by molar-refractivity contribution is 6.04. The van der Waals surface area contributed by atoms with Crippen LogP contribution in [0.1, 0.15) is 62.2 Å². The van der Waals surface area contributed by atoms with Crippen molar-refractivity contribution in [2.75, 3.05) is 35.3 Å². The molecule has 0 bridgehead atoms. The number of benzene rings is 1. The number of piperidine rings is 1.